The number of nitrogens with zero attached hydrogens (tertiary/aromatic N) is 2. The summed E-state index contributed by atoms with van der Waals surface area (Å²) in [5.74, 6) is -0.485. The van der Waals surface area contributed by atoms with Crippen molar-refractivity contribution in [3.63, 3.8) is 0 Å². The maximum Gasteiger partial charge on any atom is 0.233 e. The van der Waals surface area contributed by atoms with E-state index in [0.717, 1.165) is 17.5 Å². The van der Waals surface area contributed by atoms with Crippen LogP contribution in [-0.2, 0) is 21.4 Å². The van der Waals surface area contributed by atoms with Gasteiger partial charge >= 0.3 is 0 Å². The highest BCUT2D eigenvalue weighted by Crippen LogP contribution is 2.16. The van der Waals surface area contributed by atoms with Crippen molar-refractivity contribution in [3.05, 3.63) is 42.9 Å². The van der Waals surface area contributed by atoms with E-state index in [1.807, 2.05) is 45.8 Å². The zero-order chi connectivity index (χ0) is 15.3. The molecule has 0 aliphatic heterocycles. The van der Waals surface area contributed by atoms with Crippen molar-refractivity contribution in [2.45, 2.75) is 19.4 Å². The van der Waals surface area contributed by atoms with E-state index in [1.54, 1.807) is 6.33 Å². The SMILES string of the molecule is CS(=O)(=O)NC(=O)CCCn1cnc(-c2ccccc2)c1. The van der Waals surface area contributed by atoms with Gasteiger partial charge in [0.2, 0.25) is 15.9 Å². The van der Waals surface area contributed by atoms with Crippen LogP contribution in [0, 0.1) is 0 Å². The number of hydrogen-bond acceptors (Lipinski definition) is 4. The lowest BCUT2D eigenvalue weighted by Gasteiger charge is -2.03. The standard InChI is InChI=1S/C14H17N3O3S/c1-21(19,20)16-14(18)8-5-9-17-10-13(15-11-17)12-6-3-2-4-7-12/h2-4,6-7,10-11H,5,8-9H2,1H3,(H,16,18). The van der Waals surface area contributed by atoms with Crippen LogP contribution in [0.15, 0.2) is 42.9 Å². The van der Waals surface area contributed by atoms with E-state index in [2.05, 4.69) is 4.98 Å². The first kappa shape index (κ1) is 15.2. The molecule has 2 aromatic rings. The summed E-state index contributed by atoms with van der Waals surface area (Å²) in [6.07, 6.45) is 5.28. The average Bonchev–Trinajstić information content (AvgIpc) is 2.86. The maximum absolute atomic E-state index is 11.4. The van der Waals surface area contributed by atoms with Crippen molar-refractivity contribution in [2.75, 3.05) is 6.26 Å². The number of amides is 1. The number of nitrogens with one attached hydrogen (secondary N) is 1. The number of aryl methyl sites for hydroxylation is 1. The van der Waals surface area contributed by atoms with Gasteiger partial charge in [-0.25, -0.2) is 13.4 Å². The second-order valence-electron chi connectivity index (χ2n) is 4.76. The quantitative estimate of drug-likeness (QED) is 0.875. The van der Waals surface area contributed by atoms with Crippen molar-refractivity contribution in [1.82, 2.24) is 14.3 Å². The highest BCUT2D eigenvalue weighted by molar-refractivity contribution is 7.89. The highest BCUT2D eigenvalue weighted by atomic mass is 32.2. The van der Waals surface area contributed by atoms with Crippen molar-refractivity contribution < 1.29 is 13.2 Å². The van der Waals surface area contributed by atoms with E-state index in [1.165, 1.54) is 0 Å². The van der Waals surface area contributed by atoms with Crippen molar-refractivity contribution in [3.8, 4) is 11.3 Å². The molecule has 7 heteroatoms. The summed E-state index contributed by atoms with van der Waals surface area (Å²) in [5.41, 5.74) is 1.90. The Morgan fingerprint density at radius 3 is 2.67 bits per heavy atom. The van der Waals surface area contributed by atoms with Gasteiger partial charge in [-0.05, 0) is 6.42 Å². The number of rotatable bonds is 6. The van der Waals surface area contributed by atoms with Crippen LogP contribution in [0.25, 0.3) is 11.3 Å². The van der Waals surface area contributed by atoms with Gasteiger partial charge in [-0.3, -0.25) is 9.52 Å². The van der Waals surface area contributed by atoms with Crippen LogP contribution in [0.1, 0.15) is 12.8 Å². The van der Waals surface area contributed by atoms with Crippen LogP contribution >= 0.6 is 0 Å². The summed E-state index contributed by atoms with van der Waals surface area (Å²) in [4.78, 5) is 15.7. The molecule has 0 spiro atoms. The summed E-state index contributed by atoms with van der Waals surface area (Å²) < 4.78 is 25.6. The molecule has 0 aliphatic carbocycles. The van der Waals surface area contributed by atoms with Gasteiger partial charge in [-0.1, -0.05) is 30.3 Å². The molecule has 21 heavy (non-hydrogen) atoms. The summed E-state index contributed by atoms with van der Waals surface area (Å²) in [5, 5.41) is 0. The van der Waals surface area contributed by atoms with Crippen molar-refractivity contribution in [1.29, 1.82) is 0 Å². The van der Waals surface area contributed by atoms with Crippen LogP contribution in [0.4, 0.5) is 0 Å². The summed E-state index contributed by atoms with van der Waals surface area (Å²) in [6.45, 7) is 0.608. The predicted octanol–water partition coefficient (Wildman–Crippen LogP) is 1.41. The van der Waals surface area contributed by atoms with Gasteiger partial charge in [-0.15, -0.1) is 0 Å². The Balaban J connectivity index is 1.85. The van der Waals surface area contributed by atoms with Crippen LogP contribution in [0.3, 0.4) is 0 Å². The third-order valence-electron chi connectivity index (χ3n) is 2.82. The molecule has 1 amide bonds. The highest BCUT2D eigenvalue weighted by Gasteiger charge is 2.08. The van der Waals surface area contributed by atoms with E-state index in [9.17, 15) is 13.2 Å². The van der Waals surface area contributed by atoms with Crippen LogP contribution in [0.5, 0.6) is 0 Å². The van der Waals surface area contributed by atoms with Gasteiger partial charge in [0, 0.05) is 24.7 Å². The maximum atomic E-state index is 11.4. The minimum atomic E-state index is -3.47. The number of sulfonamides is 1. The van der Waals surface area contributed by atoms with E-state index in [4.69, 9.17) is 0 Å². The van der Waals surface area contributed by atoms with Gasteiger partial charge in [0.15, 0.2) is 0 Å². The minimum Gasteiger partial charge on any atom is -0.337 e. The van der Waals surface area contributed by atoms with Crippen molar-refractivity contribution in [2.24, 2.45) is 0 Å². The molecule has 2 rings (SSSR count). The molecule has 0 bridgehead atoms. The fourth-order valence-corrected chi connectivity index (χ4v) is 2.44. The molecule has 1 heterocycles. The molecule has 112 valence electrons. The lowest BCUT2D eigenvalue weighted by atomic mass is 10.2. The van der Waals surface area contributed by atoms with Gasteiger partial charge in [-0.2, -0.15) is 0 Å². The molecule has 0 unspecified atom stereocenters. The Labute approximate surface area is 123 Å². The molecule has 1 aromatic carbocycles. The molecule has 0 aliphatic rings. The molecule has 1 aromatic heterocycles. The van der Waals surface area contributed by atoms with Crippen molar-refractivity contribution >= 4 is 15.9 Å². The molecular weight excluding hydrogens is 290 g/mol. The smallest absolute Gasteiger partial charge is 0.233 e. The zero-order valence-electron chi connectivity index (χ0n) is 11.7. The lowest BCUT2D eigenvalue weighted by Crippen LogP contribution is -2.29. The minimum absolute atomic E-state index is 0.159. The Morgan fingerprint density at radius 2 is 2.00 bits per heavy atom. The second kappa shape index (κ2) is 6.53. The Bertz CT molecular complexity index is 708. The number of aromatic nitrogens is 2. The van der Waals surface area contributed by atoms with Gasteiger partial charge in [0.25, 0.3) is 0 Å². The molecule has 0 radical (unpaired) electrons. The third-order valence-corrected chi connectivity index (χ3v) is 3.42. The first-order chi connectivity index (χ1) is 9.94. The Morgan fingerprint density at radius 1 is 1.29 bits per heavy atom. The fourth-order valence-electron chi connectivity index (χ4n) is 1.92. The summed E-state index contributed by atoms with van der Waals surface area (Å²) >= 11 is 0. The Kier molecular flexibility index (Phi) is 4.74. The largest absolute Gasteiger partial charge is 0.337 e. The van der Waals surface area contributed by atoms with Crippen LogP contribution < -0.4 is 4.72 Å². The number of imidazole rings is 1. The Hall–Kier alpha value is -2.15. The average molecular weight is 307 g/mol. The molecular formula is C14H17N3O3S. The number of carbonyl (C=O) groups is 1. The number of carbonyl (C=O) groups excluding carboxylic acids is 1. The van der Waals surface area contributed by atoms with Gasteiger partial charge in [0.05, 0.1) is 18.3 Å². The summed E-state index contributed by atoms with van der Waals surface area (Å²) in [7, 11) is -3.47. The van der Waals surface area contributed by atoms with E-state index in [-0.39, 0.29) is 6.42 Å². The first-order valence-electron chi connectivity index (χ1n) is 6.52. The fraction of sp³-hybridized carbons (Fsp3) is 0.286. The van der Waals surface area contributed by atoms with E-state index < -0.39 is 15.9 Å². The van der Waals surface area contributed by atoms with E-state index in [0.29, 0.717) is 13.0 Å². The zero-order valence-corrected chi connectivity index (χ0v) is 12.5. The molecule has 0 saturated carbocycles. The van der Waals surface area contributed by atoms with Gasteiger partial charge < -0.3 is 4.57 Å². The molecule has 0 saturated heterocycles. The topological polar surface area (TPSA) is 81.1 Å². The van der Waals surface area contributed by atoms with Crippen LogP contribution in [-0.4, -0.2) is 30.1 Å². The molecule has 0 atom stereocenters. The number of hydrogen-bond donors (Lipinski definition) is 1. The third kappa shape index (κ3) is 5.03. The van der Waals surface area contributed by atoms with Crippen LogP contribution in [0.2, 0.25) is 0 Å². The van der Waals surface area contributed by atoms with Gasteiger partial charge in [0.1, 0.15) is 0 Å². The molecule has 0 fully saturated rings. The monoisotopic (exact) mass is 307 g/mol. The lowest BCUT2D eigenvalue weighted by molar-refractivity contribution is -0.119. The normalized spacial score (nSPS) is 11.3. The predicted molar refractivity (Wildman–Crippen MR) is 79.9 cm³/mol. The molecule has 6 nitrogen and oxygen atoms in total. The van der Waals surface area contributed by atoms with E-state index >= 15 is 0 Å². The first-order valence-corrected chi connectivity index (χ1v) is 8.41. The number of benzene rings is 1. The molecule has 1 N–H and O–H groups in total. The second-order valence-corrected chi connectivity index (χ2v) is 6.51. The summed E-state index contributed by atoms with van der Waals surface area (Å²) in [6, 6.07) is 9.80.